The summed E-state index contributed by atoms with van der Waals surface area (Å²) in [7, 11) is 0. The van der Waals surface area contributed by atoms with Crippen LogP contribution in [0, 0.1) is 11.6 Å². The number of amides is 1. The smallest absolute Gasteiger partial charge is 0.461 e. The van der Waals surface area contributed by atoms with Crippen molar-refractivity contribution in [3.05, 3.63) is 130 Å². The maximum absolute atomic E-state index is 15.1. The first-order chi connectivity index (χ1) is 21.1. The fraction of sp³-hybridized carbons (Fsp3) is 0.219. The summed E-state index contributed by atoms with van der Waals surface area (Å²) in [5.41, 5.74) is -3.62. The highest BCUT2D eigenvalue weighted by molar-refractivity contribution is 5.95. The van der Waals surface area contributed by atoms with E-state index in [0.717, 1.165) is 42.5 Å². The second kappa shape index (κ2) is 13.1. The Bertz CT molecular complexity index is 1640. The van der Waals surface area contributed by atoms with E-state index < -0.39 is 58.7 Å². The van der Waals surface area contributed by atoms with Crippen LogP contribution < -0.4 is 14.8 Å². The Labute approximate surface area is 251 Å². The summed E-state index contributed by atoms with van der Waals surface area (Å²) in [5.74, 6) is -4.57. The molecule has 0 saturated heterocycles. The molecule has 1 amide bonds. The molecule has 0 saturated carbocycles. The van der Waals surface area contributed by atoms with Crippen molar-refractivity contribution in [1.82, 2.24) is 5.32 Å². The van der Waals surface area contributed by atoms with Crippen molar-refractivity contribution in [1.29, 1.82) is 0 Å². The fourth-order valence-electron chi connectivity index (χ4n) is 4.67. The third-order valence-corrected chi connectivity index (χ3v) is 6.69. The highest BCUT2D eigenvalue weighted by atomic mass is 19.4. The second-order valence-electron chi connectivity index (χ2n) is 9.82. The van der Waals surface area contributed by atoms with Gasteiger partial charge in [0.05, 0.1) is 17.7 Å². The lowest BCUT2D eigenvalue weighted by Crippen LogP contribution is -2.49. The van der Waals surface area contributed by atoms with E-state index in [9.17, 15) is 39.9 Å². The maximum atomic E-state index is 15.1. The third-order valence-electron chi connectivity index (χ3n) is 6.69. The number of carbonyl (C=O) groups is 1. The summed E-state index contributed by atoms with van der Waals surface area (Å²) >= 11 is 0. The Hall–Kier alpha value is -4.68. The van der Waals surface area contributed by atoms with Gasteiger partial charge in [-0.1, -0.05) is 42.5 Å². The fourth-order valence-corrected chi connectivity index (χ4v) is 4.67. The number of hydrogen-bond donors (Lipinski definition) is 1. The van der Waals surface area contributed by atoms with Gasteiger partial charge in [0.15, 0.2) is 11.6 Å². The van der Waals surface area contributed by atoms with Gasteiger partial charge < -0.3 is 14.8 Å². The van der Waals surface area contributed by atoms with Crippen molar-refractivity contribution in [2.75, 3.05) is 6.61 Å². The zero-order valence-electron chi connectivity index (χ0n) is 23.3. The summed E-state index contributed by atoms with van der Waals surface area (Å²) in [5, 5.41) is 2.59. The SMILES string of the molecule is CCOc1cc([C@@](Cc2ccccc2)(NC(=O)c2cccc(C(F)(F)F)c2)c2cc(F)cc(OC(F)(F)C(F)F)c2)ccc1F. The third kappa shape index (κ3) is 7.70. The van der Waals surface area contributed by atoms with E-state index in [4.69, 9.17) is 4.74 Å². The maximum Gasteiger partial charge on any atom is 0.461 e. The minimum atomic E-state index is -5.04. The molecular formula is C32H24F9NO3. The quantitative estimate of drug-likeness (QED) is 0.167. The number of benzene rings is 4. The Balaban J connectivity index is 2.00. The Morgan fingerprint density at radius 2 is 1.51 bits per heavy atom. The number of halogens is 9. The van der Waals surface area contributed by atoms with Crippen molar-refractivity contribution in [2.45, 2.75) is 37.6 Å². The standard InChI is InChI=1S/C32H24F9NO3/c1-2-44-27-16-21(11-12-26(27)34)30(18-19-7-4-3-5-8-19,42-28(43)20-9-6-10-22(13-20)31(37,38)39)23-14-24(33)17-25(15-23)45-32(40,41)29(35)36/h3-17,29H,2,18H2,1H3,(H,42,43)/t30-/m1/s1. The molecule has 0 fully saturated rings. The molecule has 1 N–H and O–H groups in total. The molecule has 0 unspecified atom stereocenters. The Morgan fingerprint density at radius 1 is 0.800 bits per heavy atom. The van der Waals surface area contributed by atoms with Gasteiger partial charge in [-0.05, 0) is 66.1 Å². The van der Waals surface area contributed by atoms with Crippen molar-refractivity contribution in [3.63, 3.8) is 0 Å². The molecule has 0 aliphatic rings. The molecule has 4 nitrogen and oxygen atoms in total. The highest BCUT2D eigenvalue weighted by Gasteiger charge is 2.45. The van der Waals surface area contributed by atoms with Gasteiger partial charge in [0.2, 0.25) is 0 Å². The predicted octanol–water partition coefficient (Wildman–Crippen LogP) is 8.54. The normalized spacial score (nSPS) is 13.3. The van der Waals surface area contributed by atoms with Gasteiger partial charge in [-0.3, -0.25) is 4.79 Å². The first kappa shape index (κ1) is 33.2. The number of rotatable bonds is 11. The topological polar surface area (TPSA) is 47.6 Å². The monoisotopic (exact) mass is 641 g/mol. The van der Waals surface area contributed by atoms with Gasteiger partial charge in [-0.25, -0.2) is 8.78 Å². The zero-order chi connectivity index (χ0) is 33.0. The zero-order valence-corrected chi connectivity index (χ0v) is 23.3. The molecule has 0 heterocycles. The largest absolute Gasteiger partial charge is 0.491 e. The molecule has 1 atom stereocenters. The van der Waals surface area contributed by atoms with E-state index in [1.165, 1.54) is 6.07 Å². The lowest BCUT2D eigenvalue weighted by molar-refractivity contribution is -0.253. The van der Waals surface area contributed by atoms with Crippen molar-refractivity contribution in [3.8, 4) is 11.5 Å². The van der Waals surface area contributed by atoms with E-state index in [2.05, 4.69) is 10.1 Å². The van der Waals surface area contributed by atoms with Crippen LogP contribution in [0.15, 0.2) is 91.0 Å². The molecule has 4 aromatic rings. The van der Waals surface area contributed by atoms with E-state index in [-0.39, 0.29) is 29.9 Å². The average Bonchev–Trinajstić information content (AvgIpc) is 2.97. The summed E-state index contributed by atoms with van der Waals surface area (Å²) in [4.78, 5) is 13.7. The summed E-state index contributed by atoms with van der Waals surface area (Å²) in [6.07, 6.45) is -14.5. The molecule has 0 aliphatic heterocycles. The lowest BCUT2D eigenvalue weighted by Gasteiger charge is -2.37. The molecular weight excluding hydrogens is 617 g/mol. The van der Waals surface area contributed by atoms with Crippen LogP contribution in [0.3, 0.4) is 0 Å². The number of ether oxygens (including phenoxy) is 2. The highest BCUT2D eigenvalue weighted by Crippen LogP contribution is 2.40. The molecule has 0 bridgehead atoms. The molecule has 4 aromatic carbocycles. The van der Waals surface area contributed by atoms with Crippen LogP contribution in [-0.2, 0) is 18.1 Å². The van der Waals surface area contributed by atoms with Crippen LogP contribution in [0.25, 0.3) is 0 Å². The van der Waals surface area contributed by atoms with Crippen LogP contribution in [0.5, 0.6) is 11.5 Å². The van der Waals surface area contributed by atoms with E-state index in [1.807, 2.05) is 0 Å². The van der Waals surface area contributed by atoms with Gasteiger partial charge in [0.25, 0.3) is 5.91 Å². The summed E-state index contributed by atoms with van der Waals surface area (Å²) < 4.78 is 133. The Kier molecular flexibility index (Phi) is 9.69. The molecule has 0 radical (unpaired) electrons. The van der Waals surface area contributed by atoms with Gasteiger partial charge >= 0.3 is 18.7 Å². The van der Waals surface area contributed by atoms with Gasteiger partial charge in [-0.2, -0.15) is 30.7 Å². The molecule has 238 valence electrons. The number of nitrogens with one attached hydrogen (secondary N) is 1. The summed E-state index contributed by atoms with van der Waals surface area (Å²) in [6.45, 7) is 1.54. The minimum Gasteiger partial charge on any atom is -0.491 e. The van der Waals surface area contributed by atoms with Gasteiger partial charge in [0.1, 0.15) is 11.6 Å². The van der Waals surface area contributed by atoms with Gasteiger partial charge in [0, 0.05) is 18.1 Å². The second-order valence-corrected chi connectivity index (χ2v) is 9.82. The number of hydrogen-bond acceptors (Lipinski definition) is 3. The predicted molar refractivity (Wildman–Crippen MR) is 145 cm³/mol. The molecule has 45 heavy (non-hydrogen) atoms. The van der Waals surface area contributed by atoms with Crippen LogP contribution in [-0.4, -0.2) is 25.0 Å². The Morgan fingerprint density at radius 3 is 2.16 bits per heavy atom. The molecule has 4 rings (SSSR count). The van der Waals surface area contributed by atoms with Crippen molar-refractivity contribution < 1.29 is 53.8 Å². The molecule has 0 spiro atoms. The van der Waals surface area contributed by atoms with E-state index >= 15 is 4.39 Å². The van der Waals surface area contributed by atoms with Crippen LogP contribution in [0.2, 0.25) is 0 Å². The lowest BCUT2D eigenvalue weighted by atomic mass is 9.77. The summed E-state index contributed by atoms with van der Waals surface area (Å²) in [6, 6.07) is 16.7. The van der Waals surface area contributed by atoms with Crippen molar-refractivity contribution in [2.24, 2.45) is 0 Å². The molecule has 0 aromatic heterocycles. The van der Waals surface area contributed by atoms with Crippen molar-refractivity contribution >= 4 is 5.91 Å². The van der Waals surface area contributed by atoms with Gasteiger partial charge in [-0.15, -0.1) is 0 Å². The van der Waals surface area contributed by atoms with Crippen LogP contribution >= 0.6 is 0 Å². The molecule has 0 aliphatic carbocycles. The minimum absolute atomic E-state index is 0.0106. The first-order valence-electron chi connectivity index (χ1n) is 13.3. The van der Waals surface area contributed by atoms with Crippen LogP contribution in [0.1, 0.15) is 39.5 Å². The van der Waals surface area contributed by atoms with Crippen LogP contribution in [0.4, 0.5) is 39.5 Å². The molecule has 13 heteroatoms. The number of carbonyl (C=O) groups excluding carboxylic acids is 1. The van der Waals surface area contributed by atoms with E-state index in [0.29, 0.717) is 17.7 Å². The first-order valence-corrected chi connectivity index (χ1v) is 13.3. The average molecular weight is 642 g/mol. The number of alkyl halides is 7. The van der Waals surface area contributed by atoms with E-state index in [1.54, 1.807) is 37.3 Å².